The summed E-state index contributed by atoms with van der Waals surface area (Å²) < 4.78 is 0. The highest BCUT2D eigenvalue weighted by Gasteiger charge is 2.27. The molecule has 8 nitrogen and oxygen atoms in total. The first-order valence-electron chi connectivity index (χ1n) is 11.1. The molecule has 0 radical (unpaired) electrons. The average Bonchev–Trinajstić information content (AvgIpc) is 3.31. The second kappa shape index (κ2) is 9.82. The average molecular weight is 458 g/mol. The van der Waals surface area contributed by atoms with Crippen molar-refractivity contribution < 1.29 is 14.4 Å². The summed E-state index contributed by atoms with van der Waals surface area (Å²) in [7, 11) is 3.44. The monoisotopic (exact) mass is 457 g/mol. The van der Waals surface area contributed by atoms with Crippen LogP contribution in [0.3, 0.4) is 0 Å². The number of carbonyl (C=O) groups is 3. The number of fused-ring (bicyclic) bond motifs is 1. The molecule has 2 heterocycles. The Balaban J connectivity index is 1.40. The lowest BCUT2D eigenvalue weighted by Crippen LogP contribution is -2.29. The summed E-state index contributed by atoms with van der Waals surface area (Å²) in [4.78, 5) is 49.2. The van der Waals surface area contributed by atoms with Crippen molar-refractivity contribution in [3.63, 3.8) is 0 Å². The Labute approximate surface area is 198 Å². The van der Waals surface area contributed by atoms with Crippen LogP contribution in [0.4, 0.5) is 5.69 Å². The Morgan fingerprint density at radius 2 is 1.88 bits per heavy atom. The Kier molecular flexibility index (Phi) is 6.67. The van der Waals surface area contributed by atoms with E-state index in [1.54, 1.807) is 56.7 Å². The lowest BCUT2D eigenvalue weighted by Gasteiger charge is -2.17. The van der Waals surface area contributed by atoms with E-state index in [4.69, 9.17) is 0 Å². The number of nitrogens with zero attached hydrogens (tertiary/aromatic N) is 4. The van der Waals surface area contributed by atoms with Gasteiger partial charge in [-0.15, -0.1) is 0 Å². The highest BCUT2D eigenvalue weighted by atomic mass is 16.2. The van der Waals surface area contributed by atoms with Crippen molar-refractivity contribution in [2.24, 2.45) is 5.92 Å². The maximum absolute atomic E-state index is 12.9. The van der Waals surface area contributed by atoms with Gasteiger partial charge in [-0.1, -0.05) is 12.6 Å². The number of aromatic nitrogens is 2. The zero-order valence-electron chi connectivity index (χ0n) is 19.3. The molecule has 0 saturated carbocycles. The van der Waals surface area contributed by atoms with Gasteiger partial charge in [0.25, 0.3) is 11.8 Å². The fourth-order valence-electron chi connectivity index (χ4n) is 4.07. The fraction of sp³-hybridized carbons (Fsp3) is 0.269. The van der Waals surface area contributed by atoms with E-state index in [9.17, 15) is 14.4 Å². The molecule has 34 heavy (non-hydrogen) atoms. The van der Waals surface area contributed by atoms with Crippen molar-refractivity contribution >= 4 is 34.3 Å². The smallest absolute Gasteiger partial charge is 0.253 e. The van der Waals surface area contributed by atoms with Crippen LogP contribution in [0.15, 0.2) is 61.3 Å². The molecular weight excluding hydrogens is 430 g/mol. The number of hydrogen-bond donors (Lipinski definition) is 1. The van der Waals surface area contributed by atoms with Crippen LogP contribution in [0.1, 0.15) is 33.0 Å². The second-order valence-corrected chi connectivity index (χ2v) is 8.64. The minimum absolute atomic E-state index is 0.0321. The summed E-state index contributed by atoms with van der Waals surface area (Å²) in [6.45, 7) is 4.73. The zero-order chi connectivity index (χ0) is 24.2. The van der Waals surface area contributed by atoms with E-state index in [0.717, 1.165) is 17.3 Å². The first-order valence-corrected chi connectivity index (χ1v) is 11.1. The molecule has 4 rings (SSSR count). The molecule has 1 N–H and O–H groups in total. The van der Waals surface area contributed by atoms with Crippen LogP contribution in [0.25, 0.3) is 10.9 Å². The van der Waals surface area contributed by atoms with E-state index < -0.39 is 0 Å². The Morgan fingerprint density at radius 1 is 1.15 bits per heavy atom. The van der Waals surface area contributed by atoms with Crippen LogP contribution in [0.5, 0.6) is 0 Å². The van der Waals surface area contributed by atoms with E-state index in [0.29, 0.717) is 42.1 Å². The number of rotatable bonds is 6. The minimum atomic E-state index is -0.294. The zero-order valence-corrected chi connectivity index (χ0v) is 19.3. The topological polar surface area (TPSA) is 95.5 Å². The van der Waals surface area contributed by atoms with Crippen LogP contribution in [0, 0.1) is 5.92 Å². The lowest BCUT2D eigenvalue weighted by atomic mass is 10.0. The van der Waals surface area contributed by atoms with Crippen LogP contribution in [-0.4, -0.2) is 64.7 Å². The number of benzene rings is 2. The Bertz CT molecular complexity index is 1250. The van der Waals surface area contributed by atoms with Gasteiger partial charge in [-0.3, -0.25) is 14.4 Å². The molecule has 1 atom stereocenters. The van der Waals surface area contributed by atoms with Gasteiger partial charge in [0.05, 0.1) is 5.52 Å². The number of likely N-dealkylation sites (tertiary alicyclic amines) is 1. The predicted molar refractivity (Wildman–Crippen MR) is 131 cm³/mol. The molecule has 0 spiro atoms. The lowest BCUT2D eigenvalue weighted by molar-refractivity contribution is -0.111. The van der Waals surface area contributed by atoms with Crippen molar-refractivity contribution in [1.82, 2.24) is 19.8 Å². The normalized spacial score (nSPS) is 15.2. The molecule has 3 amide bonds. The number of amides is 3. The van der Waals surface area contributed by atoms with Gasteiger partial charge in [-0.2, -0.15) is 0 Å². The first kappa shape index (κ1) is 23.1. The predicted octanol–water partition coefficient (Wildman–Crippen LogP) is 3.16. The number of nitrogens with one attached hydrogen (secondary N) is 1. The largest absolute Gasteiger partial charge is 0.345 e. The molecule has 3 aromatic rings. The van der Waals surface area contributed by atoms with Gasteiger partial charge in [-0.05, 0) is 54.8 Å². The fourth-order valence-corrected chi connectivity index (χ4v) is 4.07. The molecule has 174 valence electrons. The van der Waals surface area contributed by atoms with Crippen molar-refractivity contribution in [1.29, 1.82) is 0 Å². The van der Waals surface area contributed by atoms with Crippen molar-refractivity contribution in [2.45, 2.75) is 12.8 Å². The van der Waals surface area contributed by atoms with Crippen LogP contribution in [0.2, 0.25) is 0 Å². The molecule has 1 aromatic heterocycles. The summed E-state index contributed by atoms with van der Waals surface area (Å²) in [6, 6.07) is 12.3. The van der Waals surface area contributed by atoms with Crippen LogP contribution < -0.4 is 5.32 Å². The van der Waals surface area contributed by atoms with Crippen LogP contribution >= 0.6 is 0 Å². The van der Waals surface area contributed by atoms with Gasteiger partial charge in [0, 0.05) is 62.0 Å². The van der Waals surface area contributed by atoms with E-state index >= 15 is 0 Å². The van der Waals surface area contributed by atoms with Gasteiger partial charge in [0.1, 0.15) is 5.82 Å². The third-order valence-corrected chi connectivity index (χ3v) is 5.91. The highest BCUT2D eigenvalue weighted by molar-refractivity contribution is 6.00. The molecule has 0 unspecified atom stereocenters. The molecular formula is C26H27N5O3. The SMILES string of the molecule is C=CC(=O)Nc1ccc(C(=O)N2CC[C@@H](Cc3ncc4ccc(C(=O)N(C)C)cc4n3)C2)cc1. The van der Waals surface area contributed by atoms with E-state index in [-0.39, 0.29) is 23.6 Å². The molecule has 1 aliphatic heterocycles. The third-order valence-electron chi connectivity index (χ3n) is 5.91. The maximum Gasteiger partial charge on any atom is 0.253 e. The molecule has 1 aliphatic rings. The summed E-state index contributed by atoms with van der Waals surface area (Å²) in [5.41, 5.74) is 2.53. The molecule has 8 heteroatoms. The molecule has 0 bridgehead atoms. The van der Waals surface area contributed by atoms with Gasteiger partial charge in [0.15, 0.2) is 0 Å². The van der Waals surface area contributed by atoms with Crippen molar-refractivity contribution in [2.75, 3.05) is 32.5 Å². The Hall–Kier alpha value is -4.07. The van der Waals surface area contributed by atoms with E-state index in [2.05, 4.69) is 21.9 Å². The molecule has 1 saturated heterocycles. The summed E-state index contributed by atoms with van der Waals surface area (Å²) in [5.74, 6) is 0.582. The molecule has 1 fully saturated rings. The first-order chi connectivity index (χ1) is 16.3. The minimum Gasteiger partial charge on any atom is -0.345 e. The standard InChI is InChI=1S/C26H27N5O3/c1-4-24(32)28-21-9-7-18(8-10-21)26(34)31-12-11-17(16-31)13-23-27-15-20-6-5-19(14-22(20)29-23)25(33)30(2)3/h4-10,14-15,17H,1,11-13,16H2,2-3H3,(H,28,32)/t17-/m0/s1. The number of hydrogen-bond acceptors (Lipinski definition) is 5. The maximum atomic E-state index is 12.9. The second-order valence-electron chi connectivity index (χ2n) is 8.64. The Morgan fingerprint density at radius 3 is 2.59 bits per heavy atom. The summed E-state index contributed by atoms with van der Waals surface area (Å²) in [5, 5.41) is 3.56. The van der Waals surface area contributed by atoms with Gasteiger partial charge in [0.2, 0.25) is 5.91 Å². The summed E-state index contributed by atoms with van der Waals surface area (Å²) in [6.07, 6.45) is 4.52. The van der Waals surface area contributed by atoms with Crippen molar-refractivity contribution in [3.05, 3.63) is 78.3 Å². The quantitative estimate of drug-likeness (QED) is 0.574. The van der Waals surface area contributed by atoms with Crippen molar-refractivity contribution in [3.8, 4) is 0 Å². The number of anilines is 1. The van der Waals surface area contributed by atoms with Gasteiger partial charge >= 0.3 is 0 Å². The summed E-state index contributed by atoms with van der Waals surface area (Å²) >= 11 is 0. The van der Waals surface area contributed by atoms with Gasteiger partial charge < -0.3 is 15.1 Å². The molecule has 2 aromatic carbocycles. The van der Waals surface area contributed by atoms with Crippen LogP contribution in [-0.2, 0) is 11.2 Å². The van der Waals surface area contributed by atoms with E-state index in [1.165, 1.54) is 11.0 Å². The number of carbonyl (C=O) groups excluding carboxylic acids is 3. The van der Waals surface area contributed by atoms with Gasteiger partial charge in [-0.25, -0.2) is 9.97 Å². The highest BCUT2D eigenvalue weighted by Crippen LogP contribution is 2.23. The third kappa shape index (κ3) is 5.11. The van der Waals surface area contributed by atoms with E-state index in [1.807, 2.05) is 11.0 Å². The molecule has 0 aliphatic carbocycles.